The van der Waals surface area contributed by atoms with E-state index in [1.165, 1.54) is 12.3 Å². The van der Waals surface area contributed by atoms with Crippen LogP contribution in [0.4, 0.5) is 5.82 Å². The van der Waals surface area contributed by atoms with Crippen molar-refractivity contribution in [2.45, 2.75) is 25.7 Å². The number of aliphatic carboxylic acids is 1. The topological polar surface area (TPSA) is 119 Å². The monoisotopic (exact) mass is 237 g/mol. The number of nitrogen functional groups attached to an aromatic ring is 1. The minimum absolute atomic E-state index is 0.0156. The summed E-state index contributed by atoms with van der Waals surface area (Å²) in [4.78, 5) is 26.0. The van der Waals surface area contributed by atoms with Crippen molar-refractivity contribution in [2.24, 2.45) is 5.73 Å². The molecule has 0 aliphatic heterocycles. The average Bonchev–Trinajstić information content (AvgIpc) is 2.26. The largest absolute Gasteiger partial charge is 0.481 e. The Bertz CT molecular complexity index is 446. The Morgan fingerprint density at radius 3 is 2.65 bits per heavy atom. The van der Waals surface area contributed by atoms with Gasteiger partial charge >= 0.3 is 5.97 Å². The Morgan fingerprint density at radius 1 is 1.53 bits per heavy atom. The molecular weight excluding hydrogens is 222 g/mol. The third-order valence-electron chi connectivity index (χ3n) is 2.48. The molecule has 0 aliphatic rings. The number of pyridine rings is 1. The van der Waals surface area contributed by atoms with E-state index in [0.717, 1.165) is 0 Å². The Kier molecular flexibility index (Phi) is 4.03. The van der Waals surface area contributed by atoms with E-state index in [9.17, 15) is 9.59 Å². The van der Waals surface area contributed by atoms with E-state index in [2.05, 4.69) is 4.98 Å². The lowest BCUT2D eigenvalue weighted by atomic mass is 9.95. The highest BCUT2D eigenvalue weighted by molar-refractivity contribution is 5.97. The molecule has 1 heterocycles. The fourth-order valence-corrected chi connectivity index (χ4v) is 1.60. The van der Waals surface area contributed by atoms with Crippen molar-refractivity contribution in [2.75, 3.05) is 5.73 Å². The molecule has 0 aromatic carbocycles. The summed E-state index contributed by atoms with van der Waals surface area (Å²) >= 11 is 0. The number of amides is 1. The van der Waals surface area contributed by atoms with Gasteiger partial charge in [0.15, 0.2) is 0 Å². The van der Waals surface area contributed by atoms with E-state index >= 15 is 0 Å². The summed E-state index contributed by atoms with van der Waals surface area (Å²) in [5.74, 6) is -2.33. The highest BCUT2D eigenvalue weighted by Gasteiger charge is 2.21. The predicted molar refractivity (Wildman–Crippen MR) is 62.5 cm³/mol. The van der Waals surface area contributed by atoms with Gasteiger partial charge < -0.3 is 16.6 Å². The number of rotatable bonds is 5. The molecule has 1 rings (SSSR count). The van der Waals surface area contributed by atoms with Crippen LogP contribution in [0.5, 0.6) is 0 Å². The van der Waals surface area contributed by atoms with Gasteiger partial charge in [-0.3, -0.25) is 9.59 Å². The van der Waals surface area contributed by atoms with Crippen molar-refractivity contribution in [1.82, 2.24) is 4.98 Å². The number of hydrogen-bond acceptors (Lipinski definition) is 4. The number of nitrogens with two attached hydrogens (primary N) is 2. The van der Waals surface area contributed by atoms with E-state index in [-0.39, 0.29) is 11.4 Å². The van der Waals surface area contributed by atoms with Crippen LogP contribution in [-0.4, -0.2) is 22.0 Å². The van der Waals surface area contributed by atoms with Gasteiger partial charge in [-0.05, 0) is 18.1 Å². The first-order chi connectivity index (χ1) is 7.97. The number of nitrogens with zero attached hydrogens (tertiary/aromatic N) is 1. The Balaban J connectivity index is 3.16. The minimum Gasteiger partial charge on any atom is -0.481 e. The third kappa shape index (κ3) is 2.93. The van der Waals surface area contributed by atoms with Crippen LogP contribution in [0.25, 0.3) is 0 Å². The van der Waals surface area contributed by atoms with E-state index < -0.39 is 17.8 Å². The third-order valence-corrected chi connectivity index (χ3v) is 2.48. The van der Waals surface area contributed by atoms with Gasteiger partial charge in [-0.2, -0.15) is 0 Å². The number of primary amides is 1. The predicted octanol–water partition coefficient (Wildman–Crippen LogP) is 0.731. The van der Waals surface area contributed by atoms with Crippen molar-refractivity contribution < 1.29 is 14.7 Å². The highest BCUT2D eigenvalue weighted by Crippen LogP contribution is 2.23. The normalized spacial score (nSPS) is 12.1. The summed E-state index contributed by atoms with van der Waals surface area (Å²) in [6.45, 7) is 1.88. The van der Waals surface area contributed by atoms with E-state index in [1.807, 2.05) is 6.92 Å². The number of anilines is 1. The Morgan fingerprint density at radius 2 is 2.18 bits per heavy atom. The van der Waals surface area contributed by atoms with Crippen LogP contribution in [0.1, 0.15) is 41.6 Å². The van der Waals surface area contributed by atoms with Crippen molar-refractivity contribution >= 4 is 17.7 Å². The number of carboxylic acids is 1. The summed E-state index contributed by atoms with van der Waals surface area (Å²) in [6.07, 6.45) is 2.56. The first-order valence-electron chi connectivity index (χ1n) is 5.25. The van der Waals surface area contributed by atoms with Crippen LogP contribution in [0, 0.1) is 0 Å². The number of aromatic nitrogens is 1. The molecule has 1 aromatic rings. The maximum Gasteiger partial charge on any atom is 0.311 e. The maximum atomic E-state index is 11.1. The molecule has 1 atom stereocenters. The smallest absolute Gasteiger partial charge is 0.311 e. The molecule has 0 aliphatic carbocycles. The molecule has 6 heteroatoms. The molecule has 17 heavy (non-hydrogen) atoms. The van der Waals surface area contributed by atoms with Gasteiger partial charge in [0.1, 0.15) is 5.82 Å². The molecule has 5 N–H and O–H groups in total. The van der Waals surface area contributed by atoms with Gasteiger partial charge in [-0.15, -0.1) is 0 Å². The molecule has 1 unspecified atom stereocenters. The first kappa shape index (κ1) is 13.0. The number of carbonyl (C=O) groups excluding carboxylic acids is 1. The molecule has 1 amide bonds. The van der Waals surface area contributed by atoms with Gasteiger partial charge in [0.25, 0.3) is 5.91 Å². The minimum atomic E-state index is -0.950. The number of carbonyl (C=O) groups is 2. The summed E-state index contributed by atoms with van der Waals surface area (Å²) < 4.78 is 0. The van der Waals surface area contributed by atoms with E-state index in [0.29, 0.717) is 18.4 Å². The van der Waals surface area contributed by atoms with Gasteiger partial charge in [0.2, 0.25) is 0 Å². The van der Waals surface area contributed by atoms with Crippen LogP contribution in [0.3, 0.4) is 0 Å². The van der Waals surface area contributed by atoms with Crippen LogP contribution in [0.2, 0.25) is 0 Å². The molecule has 0 saturated carbocycles. The molecule has 0 bridgehead atoms. The first-order valence-corrected chi connectivity index (χ1v) is 5.25. The number of carboxylic acid groups (broad SMARTS) is 1. The number of hydrogen-bond donors (Lipinski definition) is 3. The van der Waals surface area contributed by atoms with Gasteiger partial charge in [0.05, 0.1) is 11.5 Å². The Hall–Kier alpha value is -2.11. The molecule has 0 radical (unpaired) electrons. The fourth-order valence-electron chi connectivity index (χ4n) is 1.60. The van der Waals surface area contributed by atoms with Gasteiger partial charge in [-0.25, -0.2) is 4.98 Å². The summed E-state index contributed by atoms with van der Waals surface area (Å²) in [7, 11) is 0. The fraction of sp³-hybridized carbons (Fsp3) is 0.364. The quantitative estimate of drug-likeness (QED) is 0.697. The van der Waals surface area contributed by atoms with Crippen LogP contribution >= 0.6 is 0 Å². The molecule has 92 valence electrons. The van der Waals surface area contributed by atoms with Crippen molar-refractivity contribution in [3.63, 3.8) is 0 Å². The van der Waals surface area contributed by atoms with Crippen LogP contribution in [-0.2, 0) is 4.79 Å². The zero-order valence-electron chi connectivity index (χ0n) is 9.51. The highest BCUT2D eigenvalue weighted by atomic mass is 16.4. The average molecular weight is 237 g/mol. The molecule has 6 nitrogen and oxygen atoms in total. The van der Waals surface area contributed by atoms with Crippen molar-refractivity contribution in [1.29, 1.82) is 0 Å². The SMILES string of the molecule is CCCC(C(=O)O)c1cnc(N)c(C(N)=O)c1. The maximum absolute atomic E-state index is 11.1. The molecule has 0 fully saturated rings. The summed E-state index contributed by atoms with van der Waals surface area (Å²) in [5.41, 5.74) is 11.1. The second-order valence-electron chi connectivity index (χ2n) is 3.75. The zero-order chi connectivity index (χ0) is 13.0. The van der Waals surface area contributed by atoms with Crippen molar-refractivity contribution in [3.8, 4) is 0 Å². The van der Waals surface area contributed by atoms with Crippen LogP contribution < -0.4 is 11.5 Å². The molecule has 1 aromatic heterocycles. The van der Waals surface area contributed by atoms with Crippen LogP contribution in [0.15, 0.2) is 12.3 Å². The lowest BCUT2D eigenvalue weighted by Crippen LogP contribution is -2.17. The van der Waals surface area contributed by atoms with E-state index in [1.54, 1.807) is 0 Å². The second-order valence-corrected chi connectivity index (χ2v) is 3.75. The summed E-state index contributed by atoms with van der Waals surface area (Å²) in [5, 5.41) is 9.08. The van der Waals surface area contributed by atoms with Crippen molar-refractivity contribution in [3.05, 3.63) is 23.4 Å². The second kappa shape index (κ2) is 5.29. The lowest BCUT2D eigenvalue weighted by molar-refractivity contribution is -0.139. The van der Waals surface area contributed by atoms with Gasteiger partial charge in [0, 0.05) is 6.20 Å². The molecule has 0 spiro atoms. The summed E-state index contributed by atoms with van der Waals surface area (Å²) in [6, 6.07) is 1.40. The Labute approximate surface area is 98.6 Å². The standard InChI is InChI=1S/C11H15N3O3/c1-2-3-7(11(16)17)6-4-8(10(13)15)9(12)14-5-6/h4-5,7H,2-3H2,1H3,(H2,12,14)(H2,13,15)(H,16,17). The lowest BCUT2D eigenvalue weighted by Gasteiger charge is -2.12. The molecular formula is C11H15N3O3. The zero-order valence-corrected chi connectivity index (χ0v) is 9.51. The molecule has 0 saturated heterocycles. The van der Waals surface area contributed by atoms with E-state index in [4.69, 9.17) is 16.6 Å². The van der Waals surface area contributed by atoms with Gasteiger partial charge in [-0.1, -0.05) is 13.3 Å².